The van der Waals surface area contributed by atoms with Crippen LogP contribution in [0.2, 0.25) is 0 Å². The zero-order valence-electron chi connectivity index (χ0n) is 13.4. The number of rotatable bonds is 8. The Balaban J connectivity index is 1.60. The second kappa shape index (κ2) is 6.46. The highest BCUT2D eigenvalue weighted by atomic mass is 16.6. The first-order valence-electron chi connectivity index (χ1n) is 8.35. The fraction of sp³-hybridized carbons (Fsp3) is 0.941. The van der Waals surface area contributed by atoms with Crippen molar-refractivity contribution in [1.29, 1.82) is 0 Å². The standard InChI is InChI=1S/C17H30O3/c1-4-5-6-7-8-9-12-19-15(18)16(2)10-11-17(3)14(13-16)20-17/h14H,4-13H2,1-3H3. The molecule has 0 aromatic heterocycles. The van der Waals surface area contributed by atoms with Crippen molar-refractivity contribution in [1.82, 2.24) is 0 Å². The lowest BCUT2D eigenvalue weighted by Crippen LogP contribution is -2.37. The smallest absolute Gasteiger partial charge is 0.311 e. The van der Waals surface area contributed by atoms with Gasteiger partial charge in [-0.1, -0.05) is 39.0 Å². The summed E-state index contributed by atoms with van der Waals surface area (Å²) in [7, 11) is 0. The molecule has 1 saturated carbocycles. The molecule has 3 atom stereocenters. The predicted molar refractivity (Wildman–Crippen MR) is 79.6 cm³/mol. The Morgan fingerprint density at radius 1 is 1.15 bits per heavy atom. The lowest BCUT2D eigenvalue weighted by atomic mass is 9.72. The number of fused-ring (bicyclic) bond motifs is 1. The van der Waals surface area contributed by atoms with Gasteiger partial charge in [0.05, 0.1) is 23.7 Å². The summed E-state index contributed by atoms with van der Waals surface area (Å²) in [4.78, 5) is 12.2. The minimum Gasteiger partial charge on any atom is -0.465 e. The van der Waals surface area contributed by atoms with Crippen LogP contribution in [0.3, 0.4) is 0 Å². The molecule has 0 spiro atoms. The van der Waals surface area contributed by atoms with Crippen molar-refractivity contribution in [2.45, 2.75) is 90.3 Å². The van der Waals surface area contributed by atoms with Gasteiger partial charge in [-0.2, -0.15) is 0 Å². The fourth-order valence-electron chi connectivity index (χ4n) is 3.21. The van der Waals surface area contributed by atoms with E-state index in [-0.39, 0.29) is 23.1 Å². The van der Waals surface area contributed by atoms with Gasteiger partial charge in [-0.25, -0.2) is 0 Å². The van der Waals surface area contributed by atoms with E-state index >= 15 is 0 Å². The maximum Gasteiger partial charge on any atom is 0.311 e. The van der Waals surface area contributed by atoms with Crippen molar-refractivity contribution >= 4 is 5.97 Å². The van der Waals surface area contributed by atoms with E-state index in [0.29, 0.717) is 6.61 Å². The summed E-state index contributed by atoms with van der Waals surface area (Å²) in [6, 6.07) is 0. The number of carbonyl (C=O) groups excluding carboxylic acids is 1. The first-order chi connectivity index (χ1) is 9.50. The molecule has 3 heteroatoms. The van der Waals surface area contributed by atoms with Crippen LogP contribution in [-0.2, 0) is 14.3 Å². The molecule has 0 aromatic carbocycles. The van der Waals surface area contributed by atoms with Crippen LogP contribution >= 0.6 is 0 Å². The van der Waals surface area contributed by atoms with E-state index in [1.54, 1.807) is 0 Å². The number of ether oxygens (including phenoxy) is 2. The highest BCUT2D eigenvalue weighted by molar-refractivity contribution is 5.76. The van der Waals surface area contributed by atoms with E-state index in [9.17, 15) is 4.79 Å². The van der Waals surface area contributed by atoms with Gasteiger partial charge in [-0.05, 0) is 39.5 Å². The molecule has 2 aliphatic rings. The molecular weight excluding hydrogens is 252 g/mol. The van der Waals surface area contributed by atoms with Crippen LogP contribution in [0.25, 0.3) is 0 Å². The molecule has 20 heavy (non-hydrogen) atoms. The number of hydrogen-bond donors (Lipinski definition) is 0. The molecule has 1 aliphatic carbocycles. The number of carbonyl (C=O) groups is 1. The SMILES string of the molecule is CCCCCCCCOC(=O)C1(C)CCC2(C)OC2C1. The molecule has 0 aromatic rings. The Labute approximate surface area is 123 Å². The Kier molecular flexibility index (Phi) is 5.11. The summed E-state index contributed by atoms with van der Waals surface area (Å²) in [5.74, 6) is -0.0105. The van der Waals surface area contributed by atoms with E-state index in [2.05, 4.69) is 13.8 Å². The summed E-state index contributed by atoms with van der Waals surface area (Å²) >= 11 is 0. The number of hydrogen-bond acceptors (Lipinski definition) is 3. The molecule has 0 amide bonds. The third kappa shape index (κ3) is 3.75. The van der Waals surface area contributed by atoms with E-state index in [1.807, 2.05) is 6.92 Å². The summed E-state index contributed by atoms with van der Waals surface area (Å²) in [5.41, 5.74) is -0.248. The van der Waals surface area contributed by atoms with Crippen LogP contribution in [-0.4, -0.2) is 24.3 Å². The van der Waals surface area contributed by atoms with Crippen LogP contribution in [0.4, 0.5) is 0 Å². The minimum absolute atomic E-state index is 0.0105. The van der Waals surface area contributed by atoms with Crippen molar-refractivity contribution in [2.24, 2.45) is 5.41 Å². The molecule has 2 rings (SSSR count). The summed E-state index contributed by atoms with van der Waals surface area (Å²) in [6.45, 7) is 7.00. The first kappa shape index (κ1) is 15.8. The van der Waals surface area contributed by atoms with Gasteiger partial charge in [0.15, 0.2) is 0 Å². The largest absolute Gasteiger partial charge is 0.465 e. The van der Waals surface area contributed by atoms with Crippen molar-refractivity contribution in [2.75, 3.05) is 6.61 Å². The van der Waals surface area contributed by atoms with Crippen molar-refractivity contribution in [3.8, 4) is 0 Å². The second-order valence-electron chi connectivity index (χ2n) is 7.09. The number of esters is 1. The molecule has 0 radical (unpaired) electrons. The molecule has 3 unspecified atom stereocenters. The van der Waals surface area contributed by atoms with Crippen LogP contribution < -0.4 is 0 Å². The van der Waals surface area contributed by atoms with Crippen LogP contribution in [0, 0.1) is 5.41 Å². The average Bonchev–Trinajstić information content (AvgIpc) is 3.08. The lowest BCUT2D eigenvalue weighted by Gasteiger charge is -2.31. The van der Waals surface area contributed by atoms with Crippen molar-refractivity contribution in [3.63, 3.8) is 0 Å². The first-order valence-corrected chi connectivity index (χ1v) is 8.35. The van der Waals surface area contributed by atoms with Gasteiger partial charge in [0.25, 0.3) is 0 Å². The van der Waals surface area contributed by atoms with Gasteiger partial charge < -0.3 is 9.47 Å². The van der Waals surface area contributed by atoms with Crippen LogP contribution in [0.1, 0.15) is 78.6 Å². The molecular formula is C17H30O3. The number of unbranched alkanes of at least 4 members (excludes halogenated alkanes) is 5. The van der Waals surface area contributed by atoms with Gasteiger partial charge in [-0.15, -0.1) is 0 Å². The Morgan fingerprint density at radius 2 is 1.85 bits per heavy atom. The monoisotopic (exact) mass is 282 g/mol. The van der Waals surface area contributed by atoms with Gasteiger partial charge in [0.1, 0.15) is 0 Å². The molecule has 3 nitrogen and oxygen atoms in total. The lowest BCUT2D eigenvalue weighted by molar-refractivity contribution is -0.156. The Bertz CT molecular complexity index is 341. The van der Waals surface area contributed by atoms with Gasteiger partial charge >= 0.3 is 5.97 Å². The topological polar surface area (TPSA) is 38.8 Å². The summed E-state index contributed by atoms with van der Waals surface area (Å²) < 4.78 is 11.2. The Hall–Kier alpha value is -0.570. The molecule has 2 fully saturated rings. The quantitative estimate of drug-likeness (QED) is 0.380. The van der Waals surface area contributed by atoms with Gasteiger partial charge in [0.2, 0.25) is 0 Å². The minimum atomic E-state index is -0.317. The zero-order valence-corrected chi connectivity index (χ0v) is 13.4. The maximum atomic E-state index is 12.2. The van der Waals surface area contributed by atoms with Gasteiger partial charge in [0, 0.05) is 0 Å². The average molecular weight is 282 g/mol. The van der Waals surface area contributed by atoms with E-state index in [0.717, 1.165) is 25.7 Å². The molecule has 1 aliphatic heterocycles. The Morgan fingerprint density at radius 3 is 2.55 bits per heavy atom. The predicted octanol–water partition coefficient (Wildman–Crippen LogP) is 4.24. The highest BCUT2D eigenvalue weighted by Gasteiger charge is 2.60. The third-order valence-electron chi connectivity index (χ3n) is 5.07. The van der Waals surface area contributed by atoms with Crippen LogP contribution in [0.5, 0.6) is 0 Å². The molecule has 0 bridgehead atoms. The van der Waals surface area contributed by atoms with E-state index in [1.165, 1.54) is 32.1 Å². The van der Waals surface area contributed by atoms with E-state index in [4.69, 9.17) is 9.47 Å². The van der Waals surface area contributed by atoms with Crippen molar-refractivity contribution < 1.29 is 14.3 Å². The highest BCUT2D eigenvalue weighted by Crippen LogP contribution is 2.53. The zero-order chi connectivity index (χ0) is 14.6. The fourth-order valence-corrected chi connectivity index (χ4v) is 3.21. The van der Waals surface area contributed by atoms with Crippen LogP contribution in [0.15, 0.2) is 0 Å². The summed E-state index contributed by atoms with van der Waals surface area (Å²) in [5, 5.41) is 0. The molecule has 116 valence electrons. The van der Waals surface area contributed by atoms with E-state index < -0.39 is 0 Å². The molecule has 0 N–H and O–H groups in total. The maximum absolute atomic E-state index is 12.2. The molecule has 1 saturated heterocycles. The third-order valence-corrected chi connectivity index (χ3v) is 5.07. The second-order valence-corrected chi connectivity index (χ2v) is 7.09. The number of epoxide rings is 1. The van der Waals surface area contributed by atoms with Gasteiger partial charge in [-0.3, -0.25) is 4.79 Å². The summed E-state index contributed by atoms with van der Waals surface area (Å²) in [6.07, 6.45) is 10.3. The normalized spacial score (nSPS) is 35.5. The molecule has 1 heterocycles. The van der Waals surface area contributed by atoms with Crippen molar-refractivity contribution in [3.05, 3.63) is 0 Å².